The number of rotatable bonds is 6. The van der Waals surface area contributed by atoms with Crippen LogP contribution >= 0.6 is 7.60 Å². The molecule has 0 heterocycles. The Balaban J connectivity index is 4.77. The Morgan fingerprint density at radius 1 is 1.47 bits per heavy atom. The number of carbonyl (C=O) groups is 1. The first-order valence-electron chi connectivity index (χ1n) is 4.93. The predicted octanol–water partition coefficient (Wildman–Crippen LogP) is 0.0975. The molecule has 0 rings (SSSR count). The third kappa shape index (κ3) is 4.30. The van der Waals surface area contributed by atoms with Crippen LogP contribution in [0.4, 0.5) is 0 Å². The zero-order valence-electron chi connectivity index (χ0n) is 9.09. The molecule has 0 radical (unpaired) electrons. The minimum absolute atomic E-state index is 0.115. The van der Waals surface area contributed by atoms with Crippen LogP contribution < -0.4 is 5.73 Å². The van der Waals surface area contributed by atoms with Gasteiger partial charge in [0.25, 0.3) is 0 Å². The van der Waals surface area contributed by atoms with Crippen molar-refractivity contribution in [2.24, 2.45) is 5.73 Å². The Kier molecular flexibility index (Phi) is 6.05. The molecule has 1 amide bonds. The second kappa shape index (κ2) is 6.23. The van der Waals surface area contributed by atoms with Crippen LogP contribution in [-0.2, 0) is 9.36 Å². The first kappa shape index (κ1) is 14.6. The molecule has 0 bridgehead atoms. The Morgan fingerprint density at radius 3 is 2.27 bits per heavy atom. The minimum atomic E-state index is -4.26. The van der Waals surface area contributed by atoms with Crippen molar-refractivity contribution in [3.05, 3.63) is 0 Å². The van der Waals surface area contributed by atoms with Gasteiger partial charge in [0.2, 0.25) is 5.91 Å². The second-order valence-corrected chi connectivity index (χ2v) is 4.97. The van der Waals surface area contributed by atoms with Crippen LogP contribution in [0, 0.1) is 0 Å². The van der Waals surface area contributed by atoms with Gasteiger partial charge in [-0.1, -0.05) is 6.92 Å². The highest BCUT2D eigenvalue weighted by Crippen LogP contribution is 2.44. The maximum atomic E-state index is 11.5. The van der Waals surface area contributed by atoms with Crippen molar-refractivity contribution in [1.29, 1.82) is 0 Å². The number of nitrogens with two attached hydrogens (primary N) is 1. The average Bonchev–Trinajstić information content (AvgIpc) is 2.11. The molecule has 90 valence electrons. The Hall–Kier alpha value is -0.420. The van der Waals surface area contributed by atoms with Gasteiger partial charge in [-0.05, 0) is 13.3 Å². The molecule has 7 heteroatoms. The molecule has 0 aliphatic carbocycles. The fourth-order valence-electron chi connectivity index (χ4n) is 1.46. The number of hydrogen-bond acceptors (Lipinski definition) is 3. The van der Waals surface area contributed by atoms with Crippen LogP contribution in [0.15, 0.2) is 0 Å². The fourth-order valence-corrected chi connectivity index (χ4v) is 2.59. The molecule has 0 saturated heterocycles. The van der Waals surface area contributed by atoms with E-state index < -0.39 is 13.4 Å². The SMILES string of the molecule is CCC(N(CC)C(=O)CCN)P(=O)(O)O. The lowest BCUT2D eigenvalue weighted by Gasteiger charge is -2.30. The molecular formula is C8H19N2O4P. The highest BCUT2D eigenvalue weighted by molar-refractivity contribution is 7.52. The van der Waals surface area contributed by atoms with E-state index in [0.717, 1.165) is 0 Å². The van der Waals surface area contributed by atoms with Crippen molar-refractivity contribution in [2.45, 2.75) is 32.5 Å². The van der Waals surface area contributed by atoms with E-state index in [2.05, 4.69) is 0 Å². The molecule has 6 nitrogen and oxygen atoms in total. The van der Waals surface area contributed by atoms with Gasteiger partial charge in [0.1, 0.15) is 5.78 Å². The van der Waals surface area contributed by atoms with Gasteiger partial charge in [-0.3, -0.25) is 9.36 Å². The zero-order valence-corrected chi connectivity index (χ0v) is 9.98. The van der Waals surface area contributed by atoms with Crippen molar-refractivity contribution in [1.82, 2.24) is 4.90 Å². The minimum Gasteiger partial charge on any atom is -0.330 e. The summed E-state index contributed by atoms with van der Waals surface area (Å²) in [5.41, 5.74) is 5.23. The summed E-state index contributed by atoms with van der Waals surface area (Å²) in [5, 5.41) is 0. The van der Waals surface area contributed by atoms with Crippen LogP contribution in [0.25, 0.3) is 0 Å². The monoisotopic (exact) mass is 238 g/mol. The summed E-state index contributed by atoms with van der Waals surface area (Å²) in [7, 11) is -4.26. The maximum absolute atomic E-state index is 11.5. The number of hydrogen-bond donors (Lipinski definition) is 3. The Labute approximate surface area is 89.6 Å². The van der Waals surface area contributed by atoms with Gasteiger partial charge in [-0.15, -0.1) is 0 Å². The lowest BCUT2D eigenvalue weighted by atomic mass is 10.3. The van der Waals surface area contributed by atoms with Gasteiger partial charge in [-0.2, -0.15) is 0 Å². The second-order valence-electron chi connectivity index (χ2n) is 3.20. The van der Waals surface area contributed by atoms with Gasteiger partial charge in [-0.25, -0.2) is 0 Å². The average molecular weight is 238 g/mol. The summed E-state index contributed by atoms with van der Waals surface area (Å²) in [6.45, 7) is 3.80. The van der Waals surface area contributed by atoms with Crippen molar-refractivity contribution in [2.75, 3.05) is 13.1 Å². The molecule has 4 N–H and O–H groups in total. The third-order valence-electron chi connectivity index (χ3n) is 2.13. The summed E-state index contributed by atoms with van der Waals surface area (Å²) < 4.78 is 11.1. The smallest absolute Gasteiger partial charge is 0.330 e. The van der Waals surface area contributed by atoms with Crippen LogP contribution in [0.5, 0.6) is 0 Å². The Bertz CT molecular complexity index is 253. The van der Waals surface area contributed by atoms with E-state index in [0.29, 0.717) is 0 Å². The van der Waals surface area contributed by atoms with Gasteiger partial charge in [0.15, 0.2) is 0 Å². The molecule has 0 aromatic carbocycles. The van der Waals surface area contributed by atoms with Gasteiger partial charge >= 0.3 is 7.60 Å². The fraction of sp³-hybridized carbons (Fsp3) is 0.875. The third-order valence-corrected chi connectivity index (χ3v) is 3.55. The van der Waals surface area contributed by atoms with E-state index in [1.807, 2.05) is 0 Å². The van der Waals surface area contributed by atoms with Crippen molar-refractivity contribution < 1.29 is 19.1 Å². The molecule has 0 aromatic rings. The summed E-state index contributed by atoms with van der Waals surface area (Å²) in [6.07, 6.45) is 0.346. The molecule has 1 unspecified atom stereocenters. The molecule has 0 saturated carbocycles. The zero-order chi connectivity index (χ0) is 12.1. The lowest BCUT2D eigenvalue weighted by Crippen LogP contribution is -2.40. The number of amides is 1. The molecule has 0 spiro atoms. The van der Waals surface area contributed by atoms with Crippen LogP contribution in [0.3, 0.4) is 0 Å². The molecule has 0 aliphatic rings. The predicted molar refractivity (Wildman–Crippen MR) is 57.2 cm³/mol. The Morgan fingerprint density at radius 2 is 2.00 bits per heavy atom. The summed E-state index contributed by atoms with van der Waals surface area (Å²) in [6, 6.07) is 0. The van der Waals surface area contributed by atoms with E-state index in [4.69, 9.17) is 15.5 Å². The van der Waals surface area contributed by atoms with Crippen LogP contribution in [0.1, 0.15) is 26.7 Å². The maximum Gasteiger partial charge on any atom is 0.347 e. The summed E-state index contributed by atoms with van der Waals surface area (Å²) in [5.74, 6) is -1.34. The summed E-state index contributed by atoms with van der Waals surface area (Å²) in [4.78, 5) is 30.9. The van der Waals surface area contributed by atoms with Gasteiger partial charge in [0.05, 0.1) is 0 Å². The molecule has 0 aromatic heterocycles. The largest absolute Gasteiger partial charge is 0.347 e. The van der Waals surface area contributed by atoms with Gasteiger partial charge in [0, 0.05) is 19.5 Å². The quantitative estimate of drug-likeness (QED) is 0.569. The highest BCUT2D eigenvalue weighted by atomic mass is 31.2. The van der Waals surface area contributed by atoms with Crippen molar-refractivity contribution in [3.63, 3.8) is 0 Å². The number of nitrogens with zero attached hydrogens (tertiary/aromatic N) is 1. The van der Waals surface area contributed by atoms with E-state index in [9.17, 15) is 9.36 Å². The molecule has 15 heavy (non-hydrogen) atoms. The van der Waals surface area contributed by atoms with E-state index in [1.54, 1.807) is 13.8 Å². The normalized spacial score (nSPS) is 13.7. The highest BCUT2D eigenvalue weighted by Gasteiger charge is 2.34. The van der Waals surface area contributed by atoms with E-state index in [1.165, 1.54) is 4.90 Å². The van der Waals surface area contributed by atoms with Crippen LogP contribution in [-0.4, -0.2) is 39.5 Å². The molecule has 0 aliphatic heterocycles. The first-order chi connectivity index (χ1) is 6.88. The van der Waals surface area contributed by atoms with E-state index >= 15 is 0 Å². The van der Waals surface area contributed by atoms with Crippen LogP contribution in [0.2, 0.25) is 0 Å². The summed E-state index contributed by atoms with van der Waals surface area (Å²) >= 11 is 0. The molecular weight excluding hydrogens is 219 g/mol. The molecule has 0 fully saturated rings. The molecule has 1 atom stereocenters. The topological polar surface area (TPSA) is 104 Å². The van der Waals surface area contributed by atoms with Gasteiger partial charge < -0.3 is 20.4 Å². The number of carbonyl (C=O) groups excluding carboxylic acids is 1. The lowest BCUT2D eigenvalue weighted by molar-refractivity contribution is -0.132. The van der Waals surface area contributed by atoms with Crippen molar-refractivity contribution >= 4 is 13.5 Å². The van der Waals surface area contributed by atoms with Crippen molar-refractivity contribution in [3.8, 4) is 0 Å². The first-order valence-corrected chi connectivity index (χ1v) is 6.61. The van der Waals surface area contributed by atoms with E-state index in [-0.39, 0.29) is 31.8 Å². The standard InChI is InChI=1S/C8H19N2O4P/c1-3-8(15(12,13)14)10(4-2)7(11)5-6-9/h8H,3-6,9H2,1-2H3,(H2,12,13,14).